The van der Waals surface area contributed by atoms with Crippen molar-refractivity contribution >= 4 is 59.6 Å². The molecule has 0 aromatic heterocycles. The fourth-order valence-electron chi connectivity index (χ4n) is 3.75. The maximum atomic E-state index is 11.7. The predicted octanol–water partition coefficient (Wildman–Crippen LogP) is 9.63. The van der Waals surface area contributed by atoms with Crippen molar-refractivity contribution in [3.05, 3.63) is 0 Å². The largest absolute Gasteiger partial charge is 0.697 e. The SMILES string of the molecule is CC(C)CCCCCCCCCCO[P+](=O)OCCCCCCCCCCC(C)C.[K]. The summed E-state index contributed by atoms with van der Waals surface area (Å²) in [5.74, 6) is 1.69. The van der Waals surface area contributed by atoms with Crippen LogP contribution in [0.25, 0.3) is 0 Å². The number of hydrogen-bond acceptors (Lipinski definition) is 3. The smallest absolute Gasteiger partial charge is 0.119 e. The zero-order chi connectivity index (χ0) is 22.3. The van der Waals surface area contributed by atoms with Crippen LogP contribution < -0.4 is 0 Å². The fourth-order valence-corrected chi connectivity index (χ4v) is 4.38. The van der Waals surface area contributed by atoms with Gasteiger partial charge in [-0.3, -0.25) is 0 Å². The molecule has 0 rings (SSSR count). The van der Waals surface area contributed by atoms with Gasteiger partial charge in [0, 0.05) is 55.9 Å². The van der Waals surface area contributed by atoms with E-state index in [4.69, 9.17) is 9.05 Å². The summed E-state index contributed by atoms with van der Waals surface area (Å²) in [5.41, 5.74) is 0. The van der Waals surface area contributed by atoms with Gasteiger partial charge in [-0.05, 0) is 24.7 Å². The number of rotatable bonds is 24. The maximum Gasteiger partial charge on any atom is 0.697 e. The van der Waals surface area contributed by atoms with Gasteiger partial charge in [-0.2, -0.15) is 0 Å². The van der Waals surface area contributed by atoms with Crippen LogP contribution in [0.5, 0.6) is 0 Å². The van der Waals surface area contributed by atoms with E-state index in [1.54, 1.807) is 0 Å². The Kier molecular flexibility index (Phi) is 31.3. The minimum atomic E-state index is -1.91. The molecule has 0 N–H and O–H groups in total. The Morgan fingerprint density at radius 1 is 0.484 bits per heavy atom. The van der Waals surface area contributed by atoms with Gasteiger partial charge in [0.1, 0.15) is 13.2 Å². The molecular formula is C26H54KO3P+. The molecule has 0 atom stereocenters. The molecule has 0 aliphatic rings. The summed E-state index contributed by atoms with van der Waals surface area (Å²) in [6.07, 6.45) is 23.3. The second-order valence-corrected chi connectivity index (χ2v) is 10.9. The molecule has 0 fully saturated rings. The van der Waals surface area contributed by atoms with Gasteiger partial charge in [0.2, 0.25) is 0 Å². The van der Waals surface area contributed by atoms with E-state index in [9.17, 15) is 4.57 Å². The summed E-state index contributed by atoms with van der Waals surface area (Å²) in [6, 6.07) is 0. The first-order valence-electron chi connectivity index (χ1n) is 13.3. The molecule has 0 aliphatic heterocycles. The average Bonchev–Trinajstić information content (AvgIpc) is 2.69. The van der Waals surface area contributed by atoms with Crippen LogP contribution in [0.4, 0.5) is 0 Å². The van der Waals surface area contributed by atoms with E-state index < -0.39 is 8.25 Å². The molecule has 181 valence electrons. The van der Waals surface area contributed by atoms with Gasteiger partial charge in [0.25, 0.3) is 0 Å². The van der Waals surface area contributed by atoms with Gasteiger partial charge in [-0.15, -0.1) is 9.05 Å². The van der Waals surface area contributed by atoms with Crippen LogP contribution in [-0.4, -0.2) is 64.6 Å². The van der Waals surface area contributed by atoms with Crippen molar-refractivity contribution in [2.75, 3.05) is 13.2 Å². The summed E-state index contributed by atoms with van der Waals surface area (Å²) in [4.78, 5) is 0. The molecule has 0 saturated heterocycles. The number of unbranched alkanes of at least 4 members (excludes halogenated alkanes) is 14. The quantitative estimate of drug-likeness (QED) is 0.0777. The zero-order valence-electron chi connectivity index (χ0n) is 22.0. The van der Waals surface area contributed by atoms with E-state index in [-0.39, 0.29) is 51.4 Å². The van der Waals surface area contributed by atoms with Gasteiger partial charge >= 0.3 is 8.25 Å². The van der Waals surface area contributed by atoms with E-state index in [0.717, 1.165) is 24.7 Å². The van der Waals surface area contributed by atoms with Crippen LogP contribution >= 0.6 is 8.25 Å². The van der Waals surface area contributed by atoms with Gasteiger partial charge in [0.05, 0.1) is 0 Å². The van der Waals surface area contributed by atoms with Crippen molar-refractivity contribution in [3.63, 3.8) is 0 Å². The van der Waals surface area contributed by atoms with E-state index in [1.807, 2.05) is 0 Å². The summed E-state index contributed by atoms with van der Waals surface area (Å²) >= 11 is 0. The third-order valence-corrected chi connectivity index (χ3v) is 6.53. The van der Waals surface area contributed by atoms with E-state index in [0.29, 0.717) is 13.2 Å². The monoisotopic (exact) mass is 484 g/mol. The van der Waals surface area contributed by atoms with Crippen molar-refractivity contribution in [1.29, 1.82) is 0 Å². The summed E-state index contributed by atoms with van der Waals surface area (Å²) in [7, 11) is -1.91. The first-order valence-corrected chi connectivity index (χ1v) is 14.3. The fraction of sp³-hybridized carbons (Fsp3) is 1.00. The molecule has 0 aliphatic carbocycles. The van der Waals surface area contributed by atoms with Crippen molar-refractivity contribution < 1.29 is 13.6 Å². The van der Waals surface area contributed by atoms with Crippen molar-refractivity contribution in [1.82, 2.24) is 0 Å². The Morgan fingerprint density at radius 3 is 1.03 bits per heavy atom. The Hall–Kier alpha value is 1.66. The molecular weight excluding hydrogens is 430 g/mol. The zero-order valence-corrected chi connectivity index (χ0v) is 26.0. The molecule has 0 aromatic rings. The summed E-state index contributed by atoms with van der Waals surface area (Å²) in [5, 5.41) is 0. The predicted molar refractivity (Wildman–Crippen MR) is 138 cm³/mol. The average molecular weight is 485 g/mol. The molecule has 1 radical (unpaired) electrons. The minimum absolute atomic E-state index is 0. The first kappa shape index (κ1) is 34.8. The minimum Gasteiger partial charge on any atom is -0.119 e. The topological polar surface area (TPSA) is 35.5 Å². The molecule has 0 heterocycles. The summed E-state index contributed by atoms with van der Waals surface area (Å²) in [6.45, 7) is 10.4. The van der Waals surface area contributed by atoms with Gasteiger partial charge in [0.15, 0.2) is 0 Å². The normalized spacial score (nSPS) is 11.3. The van der Waals surface area contributed by atoms with Crippen LogP contribution in [0, 0.1) is 11.8 Å². The Bertz CT molecular complexity index is 333. The van der Waals surface area contributed by atoms with Crippen molar-refractivity contribution in [2.45, 2.75) is 143 Å². The van der Waals surface area contributed by atoms with E-state index in [2.05, 4.69) is 27.7 Å². The standard InChI is InChI=1S/C26H54O3P.K/c1-25(2)21-17-13-9-5-7-11-15-19-23-28-30(27)29-24-20-16-12-8-6-10-14-18-22-26(3)4;/h25-26H,5-24H2,1-4H3;/q+1;. The molecule has 0 amide bonds. The maximum absolute atomic E-state index is 11.7. The van der Waals surface area contributed by atoms with Crippen LogP contribution in [0.1, 0.15) is 143 Å². The van der Waals surface area contributed by atoms with Crippen LogP contribution in [-0.2, 0) is 13.6 Å². The molecule has 0 aromatic carbocycles. The molecule has 0 bridgehead atoms. The van der Waals surface area contributed by atoms with E-state index >= 15 is 0 Å². The third kappa shape index (κ3) is 31.7. The Morgan fingerprint density at radius 2 is 0.742 bits per heavy atom. The molecule has 0 saturated carbocycles. The summed E-state index contributed by atoms with van der Waals surface area (Å²) < 4.78 is 22.3. The van der Waals surface area contributed by atoms with E-state index in [1.165, 1.54) is 103 Å². The van der Waals surface area contributed by atoms with Crippen molar-refractivity contribution in [3.8, 4) is 0 Å². The molecule has 31 heavy (non-hydrogen) atoms. The van der Waals surface area contributed by atoms with Crippen LogP contribution in [0.3, 0.4) is 0 Å². The Balaban J connectivity index is 0. The second-order valence-electron chi connectivity index (χ2n) is 9.91. The third-order valence-electron chi connectivity index (χ3n) is 5.75. The Labute approximate surface area is 239 Å². The first-order chi connectivity index (χ1) is 14.5. The molecule has 0 unspecified atom stereocenters. The molecule has 5 heteroatoms. The molecule has 3 nitrogen and oxygen atoms in total. The van der Waals surface area contributed by atoms with Gasteiger partial charge < -0.3 is 0 Å². The van der Waals surface area contributed by atoms with Crippen LogP contribution in [0.2, 0.25) is 0 Å². The van der Waals surface area contributed by atoms with Gasteiger partial charge in [-0.1, -0.05) is 130 Å². The van der Waals surface area contributed by atoms with Crippen molar-refractivity contribution in [2.24, 2.45) is 11.8 Å². The second kappa shape index (κ2) is 27.9. The van der Waals surface area contributed by atoms with Gasteiger partial charge in [-0.25, -0.2) is 0 Å². The molecule has 0 spiro atoms. The number of hydrogen-bond donors (Lipinski definition) is 0. The van der Waals surface area contributed by atoms with Crippen LogP contribution in [0.15, 0.2) is 0 Å².